The fourth-order valence-electron chi connectivity index (χ4n) is 4.78. The molecule has 7 heteroatoms. The van der Waals surface area contributed by atoms with Crippen molar-refractivity contribution in [1.82, 2.24) is 10.2 Å². The van der Waals surface area contributed by atoms with Crippen LogP contribution in [0.4, 0.5) is 0 Å². The topological polar surface area (TPSA) is 69.3 Å². The van der Waals surface area contributed by atoms with Crippen molar-refractivity contribution in [3.05, 3.63) is 17.7 Å². The average molecular weight is 376 g/mol. The smallest absolute Gasteiger partial charge is 0.255 e. The number of methoxy groups -OCH3 is 3. The van der Waals surface area contributed by atoms with Crippen LogP contribution in [-0.4, -0.2) is 70.0 Å². The largest absolute Gasteiger partial charge is 0.496 e. The van der Waals surface area contributed by atoms with Crippen molar-refractivity contribution in [2.24, 2.45) is 5.92 Å². The van der Waals surface area contributed by atoms with Crippen LogP contribution >= 0.6 is 0 Å². The Kier molecular flexibility index (Phi) is 5.14. The first kappa shape index (κ1) is 18.4. The molecular weight excluding hydrogens is 348 g/mol. The highest BCUT2D eigenvalue weighted by Crippen LogP contribution is 2.43. The number of nitrogens with one attached hydrogen (secondary N) is 1. The number of carbonyl (C=O) groups excluding carboxylic acids is 1. The summed E-state index contributed by atoms with van der Waals surface area (Å²) in [4.78, 5) is 15.6. The maximum Gasteiger partial charge on any atom is 0.255 e. The number of likely N-dealkylation sites (tertiary alicyclic amines) is 1. The number of amides is 1. The van der Waals surface area contributed by atoms with Gasteiger partial charge in [-0.2, -0.15) is 0 Å². The predicted octanol–water partition coefficient (Wildman–Crippen LogP) is 1.69. The first-order valence-electron chi connectivity index (χ1n) is 9.64. The maximum atomic E-state index is 13.1. The van der Waals surface area contributed by atoms with Gasteiger partial charge in [-0.25, -0.2) is 0 Å². The fourth-order valence-corrected chi connectivity index (χ4v) is 4.78. The molecule has 7 nitrogen and oxygen atoms in total. The van der Waals surface area contributed by atoms with Gasteiger partial charge in [0, 0.05) is 24.7 Å². The van der Waals surface area contributed by atoms with Crippen molar-refractivity contribution in [3.63, 3.8) is 0 Å². The average Bonchev–Trinajstić information content (AvgIpc) is 3.35. The van der Waals surface area contributed by atoms with E-state index in [0.717, 1.165) is 26.1 Å². The van der Waals surface area contributed by atoms with Crippen LogP contribution in [0.2, 0.25) is 0 Å². The maximum absolute atomic E-state index is 13.1. The van der Waals surface area contributed by atoms with Crippen LogP contribution in [0.1, 0.15) is 29.6 Å². The molecule has 1 saturated carbocycles. The molecule has 2 saturated heterocycles. The number of fused-ring (bicyclic) bond motifs is 1. The van der Waals surface area contributed by atoms with Gasteiger partial charge in [-0.05, 0) is 32.4 Å². The zero-order valence-electron chi connectivity index (χ0n) is 16.2. The zero-order valence-corrected chi connectivity index (χ0v) is 16.2. The Bertz CT molecular complexity index is 699. The number of hydrogen-bond acceptors (Lipinski definition) is 6. The van der Waals surface area contributed by atoms with Crippen molar-refractivity contribution < 1.29 is 23.7 Å². The Morgan fingerprint density at radius 3 is 2.41 bits per heavy atom. The Morgan fingerprint density at radius 1 is 1.07 bits per heavy atom. The Balaban J connectivity index is 1.56. The van der Waals surface area contributed by atoms with Crippen LogP contribution in [0, 0.1) is 5.92 Å². The minimum Gasteiger partial charge on any atom is -0.496 e. The van der Waals surface area contributed by atoms with E-state index in [1.165, 1.54) is 12.8 Å². The van der Waals surface area contributed by atoms with Gasteiger partial charge in [0.15, 0.2) is 11.5 Å². The number of rotatable bonds is 6. The molecule has 148 valence electrons. The summed E-state index contributed by atoms with van der Waals surface area (Å²) in [6, 6.07) is 3.75. The highest BCUT2D eigenvalue weighted by atomic mass is 16.5. The molecule has 4 atom stereocenters. The van der Waals surface area contributed by atoms with E-state index >= 15 is 0 Å². The third kappa shape index (κ3) is 3.12. The van der Waals surface area contributed by atoms with Gasteiger partial charge < -0.3 is 24.3 Å². The molecule has 4 rings (SSSR count). The van der Waals surface area contributed by atoms with Gasteiger partial charge in [0.05, 0.1) is 45.1 Å². The molecule has 1 amide bonds. The third-order valence-electron chi connectivity index (χ3n) is 6.16. The van der Waals surface area contributed by atoms with Gasteiger partial charge in [-0.15, -0.1) is 0 Å². The van der Waals surface area contributed by atoms with Gasteiger partial charge >= 0.3 is 0 Å². The van der Waals surface area contributed by atoms with Crippen molar-refractivity contribution in [1.29, 1.82) is 0 Å². The summed E-state index contributed by atoms with van der Waals surface area (Å²) in [5.74, 6) is 1.77. The molecule has 2 aliphatic heterocycles. The van der Waals surface area contributed by atoms with Gasteiger partial charge in [-0.3, -0.25) is 9.69 Å². The fraction of sp³-hybridized carbons (Fsp3) is 0.650. The molecule has 3 aliphatic rings. The molecule has 1 aromatic rings. The van der Waals surface area contributed by atoms with E-state index in [9.17, 15) is 4.79 Å². The van der Waals surface area contributed by atoms with Gasteiger partial charge in [0.2, 0.25) is 0 Å². The Hall–Kier alpha value is -1.99. The SMILES string of the molecule is COc1cc(OC)c(C(=O)N[C@H]2[C@H]3CCO[C@H]3[C@@H]2N2CCCC2)cc1OC. The molecule has 0 spiro atoms. The molecule has 0 radical (unpaired) electrons. The van der Waals surface area contributed by atoms with Gasteiger partial charge in [0.25, 0.3) is 5.91 Å². The molecule has 0 aromatic heterocycles. The van der Waals surface area contributed by atoms with Crippen molar-refractivity contribution in [2.75, 3.05) is 41.0 Å². The van der Waals surface area contributed by atoms with E-state index < -0.39 is 0 Å². The molecule has 1 aliphatic carbocycles. The molecule has 1 N–H and O–H groups in total. The second-order valence-electron chi connectivity index (χ2n) is 7.43. The highest BCUT2D eigenvalue weighted by Gasteiger charge is 2.56. The number of hydrogen-bond donors (Lipinski definition) is 1. The molecule has 2 heterocycles. The molecule has 27 heavy (non-hydrogen) atoms. The first-order chi connectivity index (χ1) is 13.2. The van der Waals surface area contributed by atoms with E-state index in [1.807, 2.05) is 0 Å². The lowest BCUT2D eigenvalue weighted by molar-refractivity contribution is -0.0747. The standard InChI is InChI=1S/C20H28N2O5/c1-24-14-11-16(26-3)15(25-2)10-13(14)20(23)21-17-12-6-9-27-19(12)18(17)22-7-4-5-8-22/h10-12,17-19H,4-9H2,1-3H3,(H,21,23)/t12-,17+,18-,19-/m1/s1. The number of benzene rings is 1. The van der Waals surface area contributed by atoms with Crippen LogP contribution in [0.3, 0.4) is 0 Å². The number of ether oxygens (including phenoxy) is 4. The van der Waals surface area contributed by atoms with Crippen LogP contribution in [0.15, 0.2) is 12.1 Å². The van der Waals surface area contributed by atoms with Crippen molar-refractivity contribution in [3.8, 4) is 17.2 Å². The zero-order chi connectivity index (χ0) is 19.0. The monoisotopic (exact) mass is 376 g/mol. The quantitative estimate of drug-likeness (QED) is 0.815. The Morgan fingerprint density at radius 2 is 1.74 bits per heavy atom. The van der Waals surface area contributed by atoms with Crippen LogP contribution in [-0.2, 0) is 4.74 Å². The summed E-state index contributed by atoms with van der Waals surface area (Å²) < 4.78 is 22.0. The second kappa shape index (κ2) is 7.56. The third-order valence-corrected chi connectivity index (χ3v) is 6.16. The molecule has 0 bridgehead atoms. The first-order valence-corrected chi connectivity index (χ1v) is 9.64. The molecule has 0 unspecified atom stereocenters. The summed E-state index contributed by atoms with van der Waals surface area (Å²) in [6.07, 6.45) is 3.69. The summed E-state index contributed by atoms with van der Waals surface area (Å²) >= 11 is 0. The van der Waals surface area contributed by atoms with Gasteiger partial charge in [0.1, 0.15) is 5.75 Å². The second-order valence-corrected chi connectivity index (χ2v) is 7.43. The minimum atomic E-state index is -0.146. The van der Waals surface area contributed by atoms with E-state index in [2.05, 4.69) is 10.2 Å². The minimum absolute atomic E-state index is 0.112. The lowest BCUT2D eigenvalue weighted by Crippen LogP contribution is -2.70. The molecule has 3 fully saturated rings. The molecule has 1 aromatic carbocycles. The van der Waals surface area contributed by atoms with Crippen molar-refractivity contribution in [2.45, 2.75) is 37.5 Å². The summed E-state index contributed by atoms with van der Waals surface area (Å²) in [5.41, 5.74) is 0.456. The van der Waals surface area contributed by atoms with Crippen LogP contribution in [0.5, 0.6) is 17.2 Å². The van der Waals surface area contributed by atoms with E-state index in [-0.39, 0.29) is 24.1 Å². The van der Waals surface area contributed by atoms with E-state index in [0.29, 0.717) is 28.7 Å². The lowest BCUT2D eigenvalue weighted by Gasteiger charge is -2.51. The van der Waals surface area contributed by atoms with Crippen LogP contribution < -0.4 is 19.5 Å². The van der Waals surface area contributed by atoms with E-state index in [4.69, 9.17) is 18.9 Å². The predicted molar refractivity (Wildman–Crippen MR) is 99.8 cm³/mol. The van der Waals surface area contributed by atoms with E-state index in [1.54, 1.807) is 33.5 Å². The van der Waals surface area contributed by atoms with Gasteiger partial charge in [-0.1, -0.05) is 0 Å². The molecular formula is C20H28N2O5. The highest BCUT2D eigenvalue weighted by molar-refractivity contribution is 5.98. The number of nitrogens with zero attached hydrogens (tertiary/aromatic N) is 1. The normalized spacial score (nSPS) is 29.7. The summed E-state index contributed by atoms with van der Waals surface area (Å²) in [7, 11) is 4.67. The summed E-state index contributed by atoms with van der Waals surface area (Å²) in [5, 5.41) is 3.26. The van der Waals surface area contributed by atoms with Crippen molar-refractivity contribution >= 4 is 5.91 Å². The summed E-state index contributed by atoms with van der Waals surface area (Å²) in [6.45, 7) is 2.96. The number of carbonyl (C=O) groups is 1. The lowest BCUT2D eigenvalue weighted by atomic mass is 9.70. The Labute approximate surface area is 159 Å². The van der Waals surface area contributed by atoms with Crippen LogP contribution in [0.25, 0.3) is 0 Å².